The molecular formula is C25H28F3N5O. The smallest absolute Gasteiger partial charge is 0.258 e. The Morgan fingerprint density at radius 1 is 1.12 bits per heavy atom. The van der Waals surface area contributed by atoms with E-state index in [9.17, 15) is 18.0 Å². The van der Waals surface area contributed by atoms with Gasteiger partial charge < -0.3 is 4.90 Å². The molecule has 9 heteroatoms. The lowest BCUT2D eigenvalue weighted by Gasteiger charge is -2.41. The van der Waals surface area contributed by atoms with Crippen LogP contribution in [0.15, 0.2) is 18.3 Å². The van der Waals surface area contributed by atoms with Gasteiger partial charge in [0.2, 0.25) is 0 Å². The number of amides is 1. The second kappa shape index (κ2) is 8.29. The Morgan fingerprint density at radius 2 is 1.79 bits per heavy atom. The van der Waals surface area contributed by atoms with Crippen molar-refractivity contribution < 1.29 is 18.0 Å². The number of benzene rings is 1. The average Bonchev–Trinajstić information content (AvgIpc) is 3.50. The summed E-state index contributed by atoms with van der Waals surface area (Å²) in [5, 5.41) is 9.15. The summed E-state index contributed by atoms with van der Waals surface area (Å²) in [6.07, 6.45) is 5.66. The maximum Gasteiger partial charge on any atom is 0.258 e. The van der Waals surface area contributed by atoms with Crippen LogP contribution in [-0.4, -0.2) is 36.4 Å². The zero-order valence-electron chi connectivity index (χ0n) is 19.8. The molecule has 3 heterocycles. The van der Waals surface area contributed by atoms with E-state index >= 15 is 0 Å². The summed E-state index contributed by atoms with van der Waals surface area (Å²) >= 11 is 0. The molecule has 1 saturated carbocycles. The summed E-state index contributed by atoms with van der Waals surface area (Å²) in [6, 6.07) is 1.98. The average molecular weight is 472 g/mol. The van der Waals surface area contributed by atoms with Crippen molar-refractivity contribution >= 4 is 5.91 Å². The van der Waals surface area contributed by atoms with Crippen molar-refractivity contribution in [3.8, 4) is 11.3 Å². The SMILES string of the molecule is CCC1Cc2c(nn(C)c2-c2cc(F)c(F)c(F)c2)C(CC)N1C(=O)c1cnn(C2CC2)c1C. The molecule has 2 aliphatic rings. The molecule has 3 aromatic rings. The van der Waals surface area contributed by atoms with Crippen molar-refractivity contribution in [1.82, 2.24) is 24.5 Å². The van der Waals surface area contributed by atoms with Gasteiger partial charge in [-0.2, -0.15) is 10.2 Å². The van der Waals surface area contributed by atoms with Gasteiger partial charge in [0.25, 0.3) is 5.91 Å². The van der Waals surface area contributed by atoms with Crippen molar-refractivity contribution in [2.24, 2.45) is 7.05 Å². The minimum Gasteiger partial charge on any atom is -0.327 e. The van der Waals surface area contributed by atoms with Crippen LogP contribution in [0.25, 0.3) is 11.3 Å². The molecule has 34 heavy (non-hydrogen) atoms. The zero-order valence-corrected chi connectivity index (χ0v) is 19.8. The molecule has 0 spiro atoms. The van der Waals surface area contributed by atoms with Gasteiger partial charge in [-0.05, 0) is 51.2 Å². The third-order valence-electron chi connectivity index (χ3n) is 7.18. The van der Waals surface area contributed by atoms with Gasteiger partial charge in [0.15, 0.2) is 17.5 Å². The second-order valence-corrected chi connectivity index (χ2v) is 9.31. The molecule has 180 valence electrons. The van der Waals surface area contributed by atoms with E-state index in [-0.39, 0.29) is 23.6 Å². The first-order valence-electron chi connectivity index (χ1n) is 11.8. The predicted molar refractivity (Wildman–Crippen MR) is 121 cm³/mol. The van der Waals surface area contributed by atoms with Crippen LogP contribution in [0.4, 0.5) is 13.2 Å². The highest BCUT2D eigenvalue weighted by molar-refractivity contribution is 5.96. The maximum atomic E-state index is 14.0. The lowest BCUT2D eigenvalue weighted by molar-refractivity contribution is 0.0512. The van der Waals surface area contributed by atoms with E-state index in [1.54, 1.807) is 17.9 Å². The van der Waals surface area contributed by atoms with Gasteiger partial charge in [0, 0.05) is 29.9 Å². The number of aryl methyl sites for hydroxylation is 1. The van der Waals surface area contributed by atoms with Crippen LogP contribution in [-0.2, 0) is 13.5 Å². The fraction of sp³-hybridized carbons (Fsp3) is 0.480. The van der Waals surface area contributed by atoms with Gasteiger partial charge in [-0.1, -0.05) is 13.8 Å². The van der Waals surface area contributed by atoms with Crippen LogP contribution in [0.5, 0.6) is 0 Å². The van der Waals surface area contributed by atoms with Gasteiger partial charge in [0.1, 0.15) is 0 Å². The van der Waals surface area contributed by atoms with Crippen molar-refractivity contribution in [2.45, 2.75) is 71.0 Å². The highest BCUT2D eigenvalue weighted by Gasteiger charge is 2.41. The summed E-state index contributed by atoms with van der Waals surface area (Å²) in [4.78, 5) is 15.7. The zero-order chi connectivity index (χ0) is 24.3. The Bertz CT molecular complexity index is 1250. The molecule has 0 radical (unpaired) electrons. The second-order valence-electron chi connectivity index (χ2n) is 9.31. The Balaban J connectivity index is 1.59. The molecular weight excluding hydrogens is 443 g/mol. The first-order chi connectivity index (χ1) is 16.3. The van der Waals surface area contributed by atoms with Crippen molar-refractivity contribution in [2.75, 3.05) is 0 Å². The molecule has 2 aromatic heterocycles. The number of carbonyl (C=O) groups excluding carboxylic acids is 1. The Labute approximate surface area is 196 Å². The first-order valence-corrected chi connectivity index (χ1v) is 11.8. The minimum atomic E-state index is -1.49. The Morgan fingerprint density at radius 3 is 2.38 bits per heavy atom. The number of aromatic nitrogens is 4. The van der Waals surface area contributed by atoms with E-state index < -0.39 is 17.5 Å². The van der Waals surface area contributed by atoms with Crippen LogP contribution >= 0.6 is 0 Å². The normalized spacial score (nSPS) is 20.0. The Hall–Kier alpha value is -3.10. The van der Waals surface area contributed by atoms with E-state index in [2.05, 4.69) is 10.2 Å². The topological polar surface area (TPSA) is 56.0 Å². The molecule has 0 N–H and O–H groups in total. The number of nitrogens with zero attached hydrogens (tertiary/aromatic N) is 5. The standard InChI is InChI=1S/C25H28F3N5O/c1-5-15-11-17-23(30-31(4)24(17)14-9-19(26)22(28)20(27)10-14)21(6-2)32(15)25(34)18-12-29-33(13(18)3)16-7-8-16/h9-10,12,15-16,21H,5-8,11H2,1-4H3. The molecule has 5 rings (SSSR count). The number of rotatable bonds is 5. The van der Waals surface area contributed by atoms with Gasteiger partial charge in [-0.25, -0.2) is 13.2 Å². The van der Waals surface area contributed by atoms with Crippen molar-refractivity contribution in [1.29, 1.82) is 0 Å². The number of hydrogen-bond donors (Lipinski definition) is 0. The van der Waals surface area contributed by atoms with Crippen LogP contribution in [0.2, 0.25) is 0 Å². The molecule has 2 unspecified atom stereocenters. The fourth-order valence-electron chi connectivity index (χ4n) is 5.33. The van der Waals surface area contributed by atoms with E-state index in [1.807, 2.05) is 30.4 Å². The van der Waals surface area contributed by atoms with Crippen molar-refractivity contribution in [3.63, 3.8) is 0 Å². The number of fused-ring (bicyclic) bond motifs is 1. The summed E-state index contributed by atoms with van der Waals surface area (Å²) in [5.41, 5.74) is 3.83. The largest absolute Gasteiger partial charge is 0.327 e. The summed E-state index contributed by atoms with van der Waals surface area (Å²) in [5.74, 6) is -4.03. The molecule has 1 amide bonds. The minimum absolute atomic E-state index is 0.0696. The maximum absolute atomic E-state index is 14.0. The number of carbonyl (C=O) groups is 1. The molecule has 0 saturated heterocycles. The van der Waals surface area contributed by atoms with E-state index in [0.717, 1.165) is 41.9 Å². The number of hydrogen-bond acceptors (Lipinski definition) is 3. The predicted octanol–water partition coefficient (Wildman–Crippen LogP) is 5.27. The van der Waals surface area contributed by atoms with Crippen LogP contribution in [0.1, 0.15) is 78.9 Å². The third-order valence-corrected chi connectivity index (χ3v) is 7.18. The van der Waals surface area contributed by atoms with Crippen molar-refractivity contribution in [3.05, 3.63) is 58.3 Å². The molecule has 1 fully saturated rings. The summed E-state index contributed by atoms with van der Waals surface area (Å²) in [6.45, 7) is 5.96. The quantitative estimate of drug-likeness (QED) is 0.476. The molecule has 6 nitrogen and oxygen atoms in total. The van der Waals surface area contributed by atoms with Gasteiger partial charge in [0.05, 0.1) is 35.2 Å². The van der Waals surface area contributed by atoms with Crippen LogP contribution in [0.3, 0.4) is 0 Å². The monoisotopic (exact) mass is 471 g/mol. The number of halogens is 3. The summed E-state index contributed by atoms with van der Waals surface area (Å²) in [7, 11) is 1.70. The molecule has 2 atom stereocenters. The lowest BCUT2D eigenvalue weighted by atomic mass is 9.87. The molecule has 1 aliphatic heterocycles. The van der Waals surface area contributed by atoms with Crippen LogP contribution < -0.4 is 0 Å². The van der Waals surface area contributed by atoms with E-state index in [1.165, 1.54) is 0 Å². The van der Waals surface area contributed by atoms with Gasteiger partial charge in [-0.3, -0.25) is 14.2 Å². The highest BCUT2D eigenvalue weighted by atomic mass is 19.2. The van der Waals surface area contributed by atoms with Gasteiger partial charge >= 0.3 is 0 Å². The first kappa shape index (κ1) is 22.7. The van der Waals surface area contributed by atoms with Crippen LogP contribution in [0, 0.1) is 24.4 Å². The summed E-state index contributed by atoms with van der Waals surface area (Å²) < 4.78 is 45.2. The fourth-order valence-corrected chi connectivity index (χ4v) is 5.33. The highest BCUT2D eigenvalue weighted by Crippen LogP contribution is 2.42. The molecule has 1 aliphatic carbocycles. The van der Waals surface area contributed by atoms with E-state index in [4.69, 9.17) is 0 Å². The lowest BCUT2D eigenvalue weighted by Crippen LogP contribution is -2.47. The van der Waals surface area contributed by atoms with E-state index in [0.29, 0.717) is 36.6 Å². The Kier molecular flexibility index (Phi) is 5.53. The molecule has 1 aromatic carbocycles. The van der Waals surface area contributed by atoms with Gasteiger partial charge in [-0.15, -0.1) is 0 Å². The molecule has 0 bridgehead atoms. The third kappa shape index (κ3) is 3.44.